The Morgan fingerprint density at radius 2 is 1.76 bits per heavy atom. The van der Waals surface area contributed by atoms with Crippen LogP contribution in [0.4, 0.5) is 5.69 Å². The van der Waals surface area contributed by atoms with E-state index in [0.29, 0.717) is 46.0 Å². The molecular formula is C15H11Cl2NO3. The number of benzene rings is 2. The zero-order chi connectivity index (χ0) is 14.8. The second-order valence-corrected chi connectivity index (χ2v) is 5.28. The summed E-state index contributed by atoms with van der Waals surface area (Å²) in [5.74, 6) is 0.904. The molecule has 2 aromatic rings. The molecule has 0 unspecified atom stereocenters. The van der Waals surface area contributed by atoms with E-state index < -0.39 is 0 Å². The SMILES string of the molecule is O=C(Nc1cc(Cl)ccc1Cl)c1ccc2c(c1)OCCO2. The summed E-state index contributed by atoms with van der Waals surface area (Å²) < 4.78 is 10.9. The summed E-state index contributed by atoms with van der Waals surface area (Å²) in [5, 5.41) is 3.64. The monoisotopic (exact) mass is 323 g/mol. The van der Waals surface area contributed by atoms with Crippen molar-refractivity contribution in [2.45, 2.75) is 0 Å². The Bertz CT molecular complexity index is 703. The number of halogens is 2. The average Bonchev–Trinajstić information content (AvgIpc) is 2.50. The standard InChI is InChI=1S/C15H11Cl2NO3/c16-10-2-3-11(17)12(8-10)18-15(19)9-1-4-13-14(7-9)21-6-5-20-13/h1-4,7-8H,5-6H2,(H,18,19). The van der Waals surface area contributed by atoms with Gasteiger partial charge in [0.25, 0.3) is 5.91 Å². The first-order valence-corrected chi connectivity index (χ1v) is 7.05. The lowest BCUT2D eigenvalue weighted by Crippen LogP contribution is -2.17. The molecular weight excluding hydrogens is 313 g/mol. The van der Waals surface area contributed by atoms with Gasteiger partial charge in [-0.25, -0.2) is 0 Å². The predicted octanol–water partition coefficient (Wildman–Crippen LogP) is 4.02. The Morgan fingerprint density at radius 1 is 1.00 bits per heavy atom. The first kappa shape index (κ1) is 14.0. The number of carbonyl (C=O) groups is 1. The van der Waals surface area contributed by atoms with E-state index in [9.17, 15) is 4.79 Å². The third-order valence-electron chi connectivity index (χ3n) is 2.98. The number of anilines is 1. The van der Waals surface area contributed by atoms with Crippen LogP contribution in [0.5, 0.6) is 11.5 Å². The van der Waals surface area contributed by atoms with Crippen LogP contribution in [0.1, 0.15) is 10.4 Å². The molecule has 1 amide bonds. The van der Waals surface area contributed by atoms with E-state index >= 15 is 0 Å². The molecule has 1 aliphatic heterocycles. The lowest BCUT2D eigenvalue weighted by molar-refractivity contribution is 0.102. The molecule has 0 saturated carbocycles. The Labute approximate surface area is 131 Å². The minimum Gasteiger partial charge on any atom is -0.486 e. The molecule has 0 radical (unpaired) electrons. The van der Waals surface area contributed by atoms with E-state index in [2.05, 4.69) is 5.32 Å². The Kier molecular flexibility index (Phi) is 3.90. The van der Waals surface area contributed by atoms with Crippen molar-refractivity contribution in [2.75, 3.05) is 18.5 Å². The second-order valence-electron chi connectivity index (χ2n) is 4.44. The van der Waals surface area contributed by atoms with Crippen LogP contribution in [0.2, 0.25) is 10.0 Å². The van der Waals surface area contributed by atoms with Crippen molar-refractivity contribution in [1.82, 2.24) is 0 Å². The maximum Gasteiger partial charge on any atom is 0.255 e. The summed E-state index contributed by atoms with van der Waals surface area (Å²) in [5.41, 5.74) is 0.916. The van der Waals surface area contributed by atoms with Gasteiger partial charge in [-0.15, -0.1) is 0 Å². The number of ether oxygens (including phenoxy) is 2. The average molecular weight is 324 g/mol. The summed E-state index contributed by atoms with van der Waals surface area (Å²) in [6, 6.07) is 9.90. The molecule has 1 aliphatic rings. The Morgan fingerprint density at radius 3 is 2.57 bits per heavy atom. The first-order chi connectivity index (χ1) is 10.1. The van der Waals surface area contributed by atoms with Crippen molar-refractivity contribution in [3.63, 3.8) is 0 Å². The highest BCUT2D eigenvalue weighted by molar-refractivity contribution is 6.35. The third-order valence-corrected chi connectivity index (χ3v) is 3.55. The third kappa shape index (κ3) is 3.06. The van der Waals surface area contributed by atoms with Crippen LogP contribution in [0, 0.1) is 0 Å². The summed E-state index contributed by atoms with van der Waals surface area (Å²) in [4.78, 5) is 12.3. The molecule has 6 heteroatoms. The van der Waals surface area contributed by atoms with Gasteiger partial charge in [0.15, 0.2) is 11.5 Å². The highest BCUT2D eigenvalue weighted by Gasteiger charge is 2.15. The Hall–Kier alpha value is -1.91. The molecule has 3 rings (SSSR count). The van der Waals surface area contributed by atoms with Crippen molar-refractivity contribution < 1.29 is 14.3 Å². The van der Waals surface area contributed by atoms with Crippen LogP contribution in [0.15, 0.2) is 36.4 Å². The largest absolute Gasteiger partial charge is 0.486 e. The van der Waals surface area contributed by atoms with Gasteiger partial charge in [-0.05, 0) is 36.4 Å². The molecule has 0 atom stereocenters. The van der Waals surface area contributed by atoms with Gasteiger partial charge in [-0.1, -0.05) is 23.2 Å². The highest BCUT2D eigenvalue weighted by atomic mass is 35.5. The van der Waals surface area contributed by atoms with E-state index in [4.69, 9.17) is 32.7 Å². The van der Waals surface area contributed by atoms with E-state index in [1.165, 1.54) is 0 Å². The number of fused-ring (bicyclic) bond motifs is 1. The fourth-order valence-corrected chi connectivity index (χ4v) is 2.31. The summed E-state index contributed by atoms with van der Waals surface area (Å²) >= 11 is 11.9. The molecule has 0 spiro atoms. The van der Waals surface area contributed by atoms with Gasteiger partial charge in [0.1, 0.15) is 13.2 Å². The number of carbonyl (C=O) groups excluding carboxylic acids is 1. The number of nitrogens with one attached hydrogen (secondary N) is 1. The molecule has 2 aromatic carbocycles. The van der Waals surface area contributed by atoms with Crippen LogP contribution < -0.4 is 14.8 Å². The molecule has 21 heavy (non-hydrogen) atoms. The number of hydrogen-bond donors (Lipinski definition) is 1. The molecule has 0 fully saturated rings. The number of hydrogen-bond acceptors (Lipinski definition) is 3. The molecule has 0 bridgehead atoms. The molecule has 0 aliphatic carbocycles. The topological polar surface area (TPSA) is 47.6 Å². The number of rotatable bonds is 2. The van der Waals surface area contributed by atoms with E-state index in [1.54, 1.807) is 36.4 Å². The van der Waals surface area contributed by atoms with Crippen LogP contribution in [0.25, 0.3) is 0 Å². The summed E-state index contributed by atoms with van der Waals surface area (Å²) in [7, 11) is 0. The Balaban J connectivity index is 1.83. The molecule has 1 N–H and O–H groups in total. The zero-order valence-corrected chi connectivity index (χ0v) is 12.4. The lowest BCUT2D eigenvalue weighted by atomic mass is 10.1. The van der Waals surface area contributed by atoms with Crippen LogP contribution in [-0.4, -0.2) is 19.1 Å². The quantitative estimate of drug-likeness (QED) is 0.908. The van der Waals surface area contributed by atoms with E-state index in [1.807, 2.05) is 0 Å². The molecule has 108 valence electrons. The van der Waals surface area contributed by atoms with Gasteiger partial charge in [0.05, 0.1) is 10.7 Å². The van der Waals surface area contributed by atoms with Gasteiger partial charge in [-0.2, -0.15) is 0 Å². The number of amides is 1. The van der Waals surface area contributed by atoms with Crippen LogP contribution in [0.3, 0.4) is 0 Å². The van der Waals surface area contributed by atoms with Crippen molar-refractivity contribution in [2.24, 2.45) is 0 Å². The maximum atomic E-state index is 12.3. The highest BCUT2D eigenvalue weighted by Crippen LogP contribution is 2.31. The minimum absolute atomic E-state index is 0.295. The van der Waals surface area contributed by atoms with Crippen LogP contribution >= 0.6 is 23.2 Å². The van der Waals surface area contributed by atoms with Crippen molar-refractivity contribution in [3.05, 3.63) is 52.0 Å². The molecule has 0 aromatic heterocycles. The van der Waals surface area contributed by atoms with Gasteiger partial charge >= 0.3 is 0 Å². The van der Waals surface area contributed by atoms with Gasteiger partial charge < -0.3 is 14.8 Å². The summed E-state index contributed by atoms with van der Waals surface area (Å²) in [6.45, 7) is 0.981. The second kappa shape index (κ2) is 5.84. The fraction of sp³-hybridized carbons (Fsp3) is 0.133. The van der Waals surface area contributed by atoms with E-state index in [-0.39, 0.29) is 5.91 Å². The summed E-state index contributed by atoms with van der Waals surface area (Å²) in [6.07, 6.45) is 0. The van der Waals surface area contributed by atoms with Crippen molar-refractivity contribution >= 4 is 34.8 Å². The van der Waals surface area contributed by atoms with Crippen molar-refractivity contribution in [3.8, 4) is 11.5 Å². The minimum atomic E-state index is -0.295. The maximum absolute atomic E-state index is 12.3. The zero-order valence-electron chi connectivity index (χ0n) is 10.9. The molecule has 0 saturated heterocycles. The smallest absolute Gasteiger partial charge is 0.255 e. The normalized spacial score (nSPS) is 12.9. The fourth-order valence-electron chi connectivity index (χ4n) is 1.97. The first-order valence-electron chi connectivity index (χ1n) is 6.29. The predicted molar refractivity (Wildman–Crippen MR) is 81.8 cm³/mol. The van der Waals surface area contributed by atoms with Gasteiger partial charge in [0, 0.05) is 10.6 Å². The molecule has 4 nitrogen and oxygen atoms in total. The van der Waals surface area contributed by atoms with E-state index in [0.717, 1.165) is 0 Å². The molecule has 1 heterocycles. The van der Waals surface area contributed by atoms with Crippen molar-refractivity contribution in [1.29, 1.82) is 0 Å². The van der Waals surface area contributed by atoms with Crippen LogP contribution in [-0.2, 0) is 0 Å². The lowest BCUT2D eigenvalue weighted by Gasteiger charge is -2.18. The van der Waals surface area contributed by atoms with Gasteiger partial charge in [-0.3, -0.25) is 4.79 Å². The van der Waals surface area contributed by atoms with Gasteiger partial charge in [0.2, 0.25) is 0 Å².